The highest BCUT2D eigenvalue weighted by Crippen LogP contribution is 2.23. The molecule has 0 aliphatic rings. The van der Waals surface area contributed by atoms with Gasteiger partial charge in [0.25, 0.3) is 5.91 Å². The van der Waals surface area contributed by atoms with Crippen molar-refractivity contribution in [2.24, 2.45) is 0 Å². The Morgan fingerprint density at radius 2 is 2.21 bits per heavy atom. The summed E-state index contributed by atoms with van der Waals surface area (Å²) in [6.07, 6.45) is 3.44. The van der Waals surface area contributed by atoms with E-state index in [1.165, 1.54) is 11.3 Å². The van der Waals surface area contributed by atoms with Gasteiger partial charge in [-0.05, 0) is 17.5 Å². The Bertz CT molecular complexity index is 748. The molecule has 2 heterocycles. The second kappa shape index (κ2) is 4.66. The normalized spacial score (nSPS) is 10.5. The van der Waals surface area contributed by atoms with E-state index >= 15 is 0 Å². The maximum absolute atomic E-state index is 12.0. The number of nitrogens with one attached hydrogen (secondary N) is 1. The van der Waals surface area contributed by atoms with Gasteiger partial charge >= 0.3 is 0 Å². The van der Waals surface area contributed by atoms with Crippen LogP contribution in [0.5, 0.6) is 0 Å². The Kier molecular flexibility index (Phi) is 2.85. The number of rotatable bonds is 2. The molecule has 5 nitrogen and oxygen atoms in total. The van der Waals surface area contributed by atoms with E-state index in [1.807, 2.05) is 24.3 Å². The van der Waals surface area contributed by atoms with E-state index in [9.17, 15) is 4.79 Å². The molecule has 0 saturated carbocycles. The number of aromatic nitrogens is 2. The van der Waals surface area contributed by atoms with E-state index in [1.54, 1.807) is 17.8 Å². The number of nitrogens with zero attached hydrogens (tertiary/aromatic N) is 2. The number of benzene rings is 1. The number of amides is 1. The quantitative estimate of drug-likeness (QED) is 0.749. The van der Waals surface area contributed by atoms with Crippen LogP contribution >= 0.6 is 11.3 Å². The topological polar surface area (TPSA) is 80.9 Å². The van der Waals surface area contributed by atoms with Crippen molar-refractivity contribution in [1.29, 1.82) is 0 Å². The molecule has 0 aliphatic carbocycles. The number of thiazole rings is 1. The van der Waals surface area contributed by atoms with Crippen molar-refractivity contribution in [2.75, 3.05) is 11.1 Å². The number of carbonyl (C=O) groups is 1. The standard InChI is InChI=1S/C13H10N4OS/c14-13-17-11(7-19-13)12(18)16-10-3-1-2-8-4-5-15-6-9(8)10/h1-7H,(H2,14,17)(H,16,18). The van der Waals surface area contributed by atoms with Gasteiger partial charge in [-0.2, -0.15) is 0 Å². The lowest BCUT2D eigenvalue weighted by atomic mass is 10.1. The minimum Gasteiger partial charge on any atom is -0.375 e. The van der Waals surface area contributed by atoms with E-state index in [4.69, 9.17) is 5.73 Å². The number of nitrogen functional groups attached to an aromatic ring is 1. The molecule has 0 radical (unpaired) electrons. The number of pyridine rings is 1. The summed E-state index contributed by atoms with van der Waals surface area (Å²) in [5.41, 5.74) is 6.55. The van der Waals surface area contributed by atoms with Crippen LogP contribution in [-0.2, 0) is 0 Å². The fourth-order valence-electron chi connectivity index (χ4n) is 1.80. The van der Waals surface area contributed by atoms with Crippen LogP contribution in [0.25, 0.3) is 10.8 Å². The van der Waals surface area contributed by atoms with Crippen LogP contribution in [0.3, 0.4) is 0 Å². The summed E-state index contributed by atoms with van der Waals surface area (Å²) in [6.45, 7) is 0. The Hall–Kier alpha value is -2.47. The fourth-order valence-corrected chi connectivity index (χ4v) is 2.34. The van der Waals surface area contributed by atoms with E-state index < -0.39 is 0 Å². The third-order valence-electron chi connectivity index (χ3n) is 2.69. The molecule has 0 spiro atoms. The largest absolute Gasteiger partial charge is 0.375 e. The van der Waals surface area contributed by atoms with E-state index in [-0.39, 0.29) is 5.91 Å². The van der Waals surface area contributed by atoms with Crippen LogP contribution in [0.4, 0.5) is 10.8 Å². The average Bonchev–Trinajstić information content (AvgIpc) is 2.86. The summed E-state index contributed by atoms with van der Waals surface area (Å²) in [4.78, 5) is 20.1. The van der Waals surface area contributed by atoms with Gasteiger partial charge in [-0.25, -0.2) is 4.98 Å². The molecular weight excluding hydrogens is 260 g/mol. The molecule has 19 heavy (non-hydrogen) atoms. The van der Waals surface area contributed by atoms with Gasteiger partial charge in [-0.15, -0.1) is 11.3 Å². The number of carbonyl (C=O) groups excluding carboxylic acids is 1. The summed E-state index contributed by atoms with van der Waals surface area (Å²) in [5.74, 6) is -0.274. The van der Waals surface area contributed by atoms with Gasteiger partial charge in [0.15, 0.2) is 5.13 Å². The summed E-state index contributed by atoms with van der Waals surface area (Å²) < 4.78 is 0. The second-order valence-corrected chi connectivity index (χ2v) is 4.82. The van der Waals surface area contributed by atoms with Crippen LogP contribution in [-0.4, -0.2) is 15.9 Å². The first-order valence-electron chi connectivity index (χ1n) is 5.59. The molecule has 2 aromatic heterocycles. The zero-order chi connectivity index (χ0) is 13.2. The summed E-state index contributed by atoms with van der Waals surface area (Å²) in [5, 5.41) is 6.75. The SMILES string of the molecule is Nc1nc(C(=O)Nc2cccc3ccncc23)cs1. The van der Waals surface area contributed by atoms with Crippen molar-refractivity contribution >= 4 is 38.8 Å². The average molecular weight is 270 g/mol. The molecule has 0 unspecified atom stereocenters. The summed E-state index contributed by atoms with van der Waals surface area (Å²) >= 11 is 1.24. The van der Waals surface area contributed by atoms with Crippen molar-refractivity contribution in [3.8, 4) is 0 Å². The molecule has 0 atom stereocenters. The first kappa shape index (κ1) is 11.6. The van der Waals surface area contributed by atoms with Crippen LogP contribution in [0.15, 0.2) is 42.0 Å². The van der Waals surface area contributed by atoms with Crippen molar-refractivity contribution in [3.63, 3.8) is 0 Å². The number of hydrogen-bond acceptors (Lipinski definition) is 5. The second-order valence-electron chi connectivity index (χ2n) is 3.93. The highest BCUT2D eigenvalue weighted by Gasteiger charge is 2.11. The van der Waals surface area contributed by atoms with Crippen LogP contribution < -0.4 is 11.1 Å². The summed E-state index contributed by atoms with van der Waals surface area (Å²) in [7, 11) is 0. The van der Waals surface area contributed by atoms with Crippen molar-refractivity contribution in [1.82, 2.24) is 9.97 Å². The maximum Gasteiger partial charge on any atom is 0.275 e. The molecule has 3 rings (SSSR count). The molecule has 6 heteroatoms. The summed E-state index contributed by atoms with van der Waals surface area (Å²) in [6, 6.07) is 7.57. The van der Waals surface area contributed by atoms with Crippen molar-refractivity contribution in [2.45, 2.75) is 0 Å². The van der Waals surface area contributed by atoms with Crippen molar-refractivity contribution in [3.05, 3.63) is 47.7 Å². The zero-order valence-corrected chi connectivity index (χ0v) is 10.6. The Morgan fingerprint density at radius 1 is 1.32 bits per heavy atom. The fraction of sp³-hybridized carbons (Fsp3) is 0. The highest BCUT2D eigenvalue weighted by atomic mass is 32.1. The third-order valence-corrected chi connectivity index (χ3v) is 3.36. The first-order valence-corrected chi connectivity index (χ1v) is 6.47. The molecule has 3 aromatic rings. The van der Waals surface area contributed by atoms with E-state index in [0.29, 0.717) is 16.5 Å². The molecule has 0 fully saturated rings. The predicted octanol–water partition coefficient (Wildman–Crippen LogP) is 2.53. The first-order chi connectivity index (χ1) is 9.24. The molecule has 94 valence electrons. The number of hydrogen-bond donors (Lipinski definition) is 2. The minimum atomic E-state index is -0.274. The molecule has 3 N–H and O–H groups in total. The Morgan fingerprint density at radius 3 is 3.00 bits per heavy atom. The van der Waals surface area contributed by atoms with Gasteiger partial charge in [0.1, 0.15) is 5.69 Å². The van der Waals surface area contributed by atoms with Crippen LogP contribution in [0.1, 0.15) is 10.5 Å². The van der Waals surface area contributed by atoms with Gasteiger partial charge in [0.05, 0.1) is 5.69 Å². The van der Waals surface area contributed by atoms with Gasteiger partial charge in [0.2, 0.25) is 0 Å². The minimum absolute atomic E-state index is 0.274. The molecule has 0 aliphatic heterocycles. The van der Waals surface area contributed by atoms with Crippen LogP contribution in [0.2, 0.25) is 0 Å². The zero-order valence-electron chi connectivity index (χ0n) is 9.83. The molecular formula is C13H10N4OS. The third kappa shape index (κ3) is 2.25. The number of anilines is 2. The number of nitrogens with two attached hydrogens (primary N) is 1. The molecule has 0 saturated heterocycles. The Labute approximate surface area is 113 Å². The smallest absolute Gasteiger partial charge is 0.275 e. The highest BCUT2D eigenvalue weighted by molar-refractivity contribution is 7.13. The molecule has 1 aromatic carbocycles. The van der Waals surface area contributed by atoms with E-state index in [2.05, 4.69) is 15.3 Å². The lowest BCUT2D eigenvalue weighted by Gasteiger charge is -2.06. The van der Waals surface area contributed by atoms with E-state index in [0.717, 1.165) is 10.8 Å². The van der Waals surface area contributed by atoms with Gasteiger partial charge in [-0.1, -0.05) is 12.1 Å². The lowest BCUT2D eigenvalue weighted by molar-refractivity contribution is 0.102. The van der Waals surface area contributed by atoms with Gasteiger partial charge < -0.3 is 11.1 Å². The maximum atomic E-state index is 12.0. The monoisotopic (exact) mass is 270 g/mol. The van der Waals surface area contributed by atoms with Crippen molar-refractivity contribution < 1.29 is 4.79 Å². The van der Waals surface area contributed by atoms with Gasteiger partial charge in [0, 0.05) is 23.2 Å². The van der Waals surface area contributed by atoms with Crippen LogP contribution in [0, 0.1) is 0 Å². The lowest BCUT2D eigenvalue weighted by Crippen LogP contribution is -2.12. The van der Waals surface area contributed by atoms with Gasteiger partial charge in [-0.3, -0.25) is 9.78 Å². The number of fused-ring (bicyclic) bond motifs is 1. The molecule has 0 bridgehead atoms. The predicted molar refractivity (Wildman–Crippen MR) is 76.2 cm³/mol. The Balaban J connectivity index is 1.95. The molecule has 1 amide bonds.